The zero-order chi connectivity index (χ0) is 10.5. The second kappa shape index (κ2) is 5.28. The van der Waals surface area contributed by atoms with Crippen LogP contribution in [0.2, 0.25) is 0 Å². The van der Waals surface area contributed by atoms with Gasteiger partial charge in [0.05, 0.1) is 12.7 Å². The maximum atomic E-state index is 5.03. The highest BCUT2D eigenvalue weighted by atomic mass is 16.5. The maximum absolute atomic E-state index is 5.03. The van der Waals surface area contributed by atoms with Crippen LogP contribution in [0.4, 0.5) is 0 Å². The van der Waals surface area contributed by atoms with Crippen molar-refractivity contribution in [3.63, 3.8) is 0 Å². The highest BCUT2D eigenvalue weighted by Gasteiger charge is 2.16. The van der Waals surface area contributed by atoms with Crippen LogP contribution in [0.3, 0.4) is 0 Å². The van der Waals surface area contributed by atoms with Gasteiger partial charge in [-0.2, -0.15) is 0 Å². The highest BCUT2D eigenvalue weighted by Crippen LogP contribution is 2.11. The minimum atomic E-state index is 0.519. The number of hydrogen-bond donors (Lipinski definition) is 2. The molecule has 0 spiro atoms. The number of rotatable bonds is 5. The summed E-state index contributed by atoms with van der Waals surface area (Å²) < 4.78 is 5.03. The summed E-state index contributed by atoms with van der Waals surface area (Å²) in [5, 5.41) is 10.6. The largest absolute Gasteiger partial charge is 0.360 e. The quantitative estimate of drug-likeness (QED) is 0.767. The lowest BCUT2D eigenvalue weighted by molar-refractivity contribution is 0.355. The van der Waals surface area contributed by atoms with Gasteiger partial charge in [0.15, 0.2) is 0 Å². The molecule has 0 radical (unpaired) electrons. The van der Waals surface area contributed by atoms with Crippen molar-refractivity contribution in [1.29, 1.82) is 0 Å². The van der Waals surface area contributed by atoms with Crippen LogP contribution in [0, 0.1) is 0 Å². The average molecular weight is 209 g/mol. The van der Waals surface area contributed by atoms with Gasteiger partial charge in [0.25, 0.3) is 0 Å². The maximum Gasteiger partial charge on any atom is 0.150 e. The Hall–Kier alpha value is -0.870. The summed E-state index contributed by atoms with van der Waals surface area (Å²) in [6.45, 7) is 4.17. The monoisotopic (exact) mass is 209 g/mol. The molecule has 84 valence electrons. The molecule has 1 aromatic heterocycles. The summed E-state index contributed by atoms with van der Waals surface area (Å²) in [6.07, 6.45) is 5.50. The fourth-order valence-electron chi connectivity index (χ4n) is 2.08. The fourth-order valence-corrected chi connectivity index (χ4v) is 2.08. The molecule has 0 saturated carbocycles. The molecule has 0 aromatic carbocycles. The van der Waals surface area contributed by atoms with Crippen molar-refractivity contribution < 1.29 is 4.52 Å². The van der Waals surface area contributed by atoms with E-state index < -0.39 is 0 Å². The van der Waals surface area contributed by atoms with Crippen molar-refractivity contribution in [2.45, 2.75) is 44.8 Å². The smallest absolute Gasteiger partial charge is 0.150 e. The first kappa shape index (κ1) is 10.6. The van der Waals surface area contributed by atoms with Crippen LogP contribution in [-0.4, -0.2) is 23.8 Å². The highest BCUT2D eigenvalue weighted by molar-refractivity contribution is 4.92. The Bertz CT molecular complexity index is 267. The summed E-state index contributed by atoms with van der Waals surface area (Å²) in [6, 6.07) is 3.11. The Morgan fingerprint density at radius 1 is 1.73 bits per heavy atom. The van der Waals surface area contributed by atoms with E-state index in [-0.39, 0.29) is 0 Å². The summed E-state index contributed by atoms with van der Waals surface area (Å²) in [4.78, 5) is 0. The molecule has 4 heteroatoms. The number of aromatic nitrogens is 1. The van der Waals surface area contributed by atoms with Crippen molar-refractivity contribution in [2.24, 2.45) is 0 Å². The number of hydrogen-bond acceptors (Lipinski definition) is 4. The first-order valence-electron chi connectivity index (χ1n) is 5.71. The van der Waals surface area contributed by atoms with Crippen molar-refractivity contribution in [3.05, 3.63) is 18.0 Å². The van der Waals surface area contributed by atoms with E-state index in [4.69, 9.17) is 4.52 Å². The third-order valence-corrected chi connectivity index (χ3v) is 2.92. The van der Waals surface area contributed by atoms with Crippen molar-refractivity contribution in [2.75, 3.05) is 6.54 Å². The predicted octanol–water partition coefficient (Wildman–Crippen LogP) is 1.29. The van der Waals surface area contributed by atoms with E-state index in [2.05, 4.69) is 22.7 Å². The van der Waals surface area contributed by atoms with E-state index in [1.54, 1.807) is 6.20 Å². The Labute approximate surface area is 90.4 Å². The SMILES string of the molecule is CC(CC1CCCN1)NCc1ccno1. The van der Waals surface area contributed by atoms with Crippen LogP contribution >= 0.6 is 0 Å². The second-order valence-corrected chi connectivity index (χ2v) is 4.29. The molecule has 4 nitrogen and oxygen atoms in total. The van der Waals surface area contributed by atoms with Crippen LogP contribution in [0.15, 0.2) is 16.8 Å². The van der Waals surface area contributed by atoms with Gasteiger partial charge in [-0.25, -0.2) is 0 Å². The summed E-state index contributed by atoms with van der Waals surface area (Å²) >= 11 is 0. The molecule has 2 heterocycles. The second-order valence-electron chi connectivity index (χ2n) is 4.29. The fraction of sp³-hybridized carbons (Fsp3) is 0.727. The van der Waals surface area contributed by atoms with Gasteiger partial charge in [-0.3, -0.25) is 0 Å². The molecular formula is C11H19N3O. The van der Waals surface area contributed by atoms with Crippen LogP contribution < -0.4 is 10.6 Å². The summed E-state index contributed by atoms with van der Waals surface area (Å²) in [5.41, 5.74) is 0. The van der Waals surface area contributed by atoms with E-state index in [0.29, 0.717) is 12.1 Å². The molecule has 0 aliphatic carbocycles. The minimum Gasteiger partial charge on any atom is -0.360 e. The number of nitrogens with one attached hydrogen (secondary N) is 2. The standard InChI is InChI=1S/C11H19N3O/c1-9(7-10-3-2-5-12-10)13-8-11-4-6-14-15-11/h4,6,9-10,12-13H,2-3,5,7-8H2,1H3. The Kier molecular flexibility index (Phi) is 3.75. The van der Waals surface area contributed by atoms with Crippen molar-refractivity contribution in [3.8, 4) is 0 Å². The van der Waals surface area contributed by atoms with Crippen LogP contribution in [0.25, 0.3) is 0 Å². The zero-order valence-corrected chi connectivity index (χ0v) is 9.20. The molecule has 0 amide bonds. The normalized spacial score (nSPS) is 23.1. The third kappa shape index (κ3) is 3.32. The zero-order valence-electron chi connectivity index (χ0n) is 9.20. The van der Waals surface area contributed by atoms with Gasteiger partial charge in [-0.05, 0) is 32.7 Å². The molecular weight excluding hydrogens is 190 g/mol. The Morgan fingerprint density at radius 3 is 3.33 bits per heavy atom. The van der Waals surface area contributed by atoms with Gasteiger partial charge >= 0.3 is 0 Å². The van der Waals surface area contributed by atoms with Crippen LogP contribution in [-0.2, 0) is 6.54 Å². The van der Waals surface area contributed by atoms with Crippen LogP contribution in [0.1, 0.15) is 31.9 Å². The molecule has 1 fully saturated rings. The van der Waals surface area contributed by atoms with Crippen molar-refractivity contribution >= 4 is 0 Å². The number of nitrogens with zero attached hydrogens (tertiary/aromatic N) is 1. The van der Waals surface area contributed by atoms with E-state index in [1.807, 2.05) is 6.07 Å². The summed E-state index contributed by atoms with van der Waals surface area (Å²) in [5.74, 6) is 0.904. The average Bonchev–Trinajstić information content (AvgIpc) is 2.86. The lowest BCUT2D eigenvalue weighted by atomic mass is 10.1. The predicted molar refractivity (Wildman–Crippen MR) is 58.4 cm³/mol. The van der Waals surface area contributed by atoms with E-state index in [9.17, 15) is 0 Å². The Morgan fingerprint density at radius 2 is 2.67 bits per heavy atom. The van der Waals surface area contributed by atoms with Gasteiger partial charge in [0.2, 0.25) is 0 Å². The molecule has 2 N–H and O–H groups in total. The molecule has 15 heavy (non-hydrogen) atoms. The minimum absolute atomic E-state index is 0.519. The first-order valence-corrected chi connectivity index (χ1v) is 5.71. The van der Waals surface area contributed by atoms with Gasteiger partial charge in [-0.1, -0.05) is 5.16 Å². The Balaban J connectivity index is 1.66. The first-order chi connectivity index (χ1) is 7.34. The van der Waals surface area contributed by atoms with E-state index in [0.717, 1.165) is 12.3 Å². The van der Waals surface area contributed by atoms with E-state index >= 15 is 0 Å². The van der Waals surface area contributed by atoms with Gasteiger partial charge in [0, 0.05) is 18.2 Å². The molecule has 2 atom stereocenters. The van der Waals surface area contributed by atoms with Crippen LogP contribution in [0.5, 0.6) is 0 Å². The lowest BCUT2D eigenvalue weighted by Crippen LogP contribution is -2.33. The molecule has 2 rings (SSSR count). The third-order valence-electron chi connectivity index (χ3n) is 2.92. The van der Waals surface area contributed by atoms with E-state index in [1.165, 1.54) is 25.8 Å². The lowest BCUT2D eigenvalue weighted by Gasteiger charge is -2.17. The molecule has 1 aliphatic rings. The molecule has 1 aromatic rings. The van der Waals surface area contributed by atoms with Gasteiger partial charge < -0.3 is 15.2 Å². The topological polar surface area (TPSA) is 50.1 Å². The molecule has 1 aliphatic heterocycles. The summed E-state index contributed by atoms with van der Waals surface area (Å²) in [7, 11) is 0. The van der Waals surface area contributed by atoms with Gasteiger partial charge in [-0.15, -0.1) is 0 Å². The molecule has 0 bridgehead atoms. The van der Waals surface area contributed by atoms with Crippen molar-refractivity contribution in [1.82, 2.24) is 15.8 Å². The molecule has 2 unspecified atom stereocenters. The van der Waals surface area contributed by atoms with Gasteiger partial charge in [0.1, 0.15) is 5.76 Å². The molecule has 1 saturated heterocycles.